The van der Waals surface area contributed by atoms with E-state index < -0.39 is 5.97 Å². The summed E-state index contributed by atoms with van der Waals surface area (Å²) in [5.41, 5.74) is 1.14. The van der Waals surface area contributed by atoms with E-state index in [1.165, 1.54) is 0 Å². The maximum atomic E-state index is 10.3. The number of anilines is 1. The third-order valence-corrected chi connectivity index (χ3v) is 2.88. The minimum absolute atomic E-state index is 0.256. The lowest BCUT2D eigenvalue weighted by molar-refractivity contribution is -0.137. The van der Waals surface area contributed by atoms with Crippen molar-refractivity contribution in [2.75, 3.05) is 18.5 Å². The van der Waals surface area contributed by atoms with Gasteiger partial charge >= 0.3 is 5.97 Å². The van der Waals surface area contributed by atoms with E-state index in [-0.39, 0.29) is 6.42 Å². The Morgan fingerprint density at radius 1 is 1.44 bits per heavy atom. The first kappa shape index (κ1) is 13.0. The third-order valence-electron chi connectivity index (χ3n) is 2.38. The second-order valence-electron chi connectivity index (χ2n) is 3.75. The maximum Gasteiger partial charge on any atom is 0.303 e. The largest absolute Gasteiger partial charge is 0.481 e. The van der Waals surface area contributed by atoms with Crippen molar-refractivity contribution in [3.8, 4) is 0 Å². The van der Waals surface area contributed by atoms with Gasteiger partial charge in [-0.25, -0.2) is 0 Å². The van der Waals surface area contributed by atoms with Crippen molar-refractivity contribution >= 4 is 27.6 Å². The summed E-state index contributed by atoms with van der Waals surface area (Å²) >= 11 is 3.43. The van der Waals surface area contributed by atoms with Crippen LogP contribution in [-0.2, 0) is 4.79 Å². The molecule has 0 amide bonds. The van der Waals surface area contributed by atoms with Gasteiger partial charge in [0.25, 0.3) is 0 Å². The molecule has 4 heteroatoms. The van der Waals surface area contributed by atoms with Crippen LogP contribution < -0.4 is 4.90 Å². The van der Waals surface area contributed by atoms with Crippen molar-refractivity contribution in [1.29, 1.82) is 0 Å². The smallest absolute Gasteiger partial charge is 0.303 e. The standard InChI is InChI=1S/C12H16BrNO2/c1-14(8-3-2-7-12(15)16)11-6-4-5-10(13)9-11/h4-6,9H,2-3,7-8H2,1H3,(H,15,16). The summed E-state index contributed by atoms with van der Waals surface area (Å²) in [5.74, 6) is -0.717. The molecule has 16 heavy (non-hydrogen) atoms. The highest BCUT2D eigenvalue weighted by atomic mass is 79.9. The lowest BCUT2D eigenvalue weighted by atomic mass is 10.2. The topological polar surface area (TPSA) is 40.5 Å². The van der Waals surface area contributed by atoms with Crippen LogP contribution in [0.25, 0.3) is 0 Å². The molecule has 1 aromatic carbocycles. The molecule has 3 nitrogen and oxygen atoms in total. The van der Waals surface area contributed by atoms with Crippen LogP contribution in [-0.4, -0.2) is 24.7 Å². The molecule has 0 atom stereocenters. The summed E-state index contributed by atoms with van der Waals surface area (Å²) in [6.45, 7) is 0.879. The van der Waals surface area contributed by atoms with Crippen molar-refractivity contribution in [2.24, 2.45) is 0 Å². The molecule has 1 N–H and O–H groups in total. The number of aliphatic carboxylic acids is 1. The van der Waals surface area contributed by atoms with Gasteiger partial charge in [-0.3, -0.25) is 4.79 Å². The van der Waals surface area contributed by atoms with Gasteiger partial charge in [-0.1, -0.05) is 22.0 Å². The number of rotatable bonds is 6. The second kappa shape index (κ2) is 6.53. The monoisotopic (exact) mass is 285 g/mol. The average molecular weight is 286 g/mol. The molecule has 0 aliphatic rings. The van der Waals surface area contributed by atoms with Crippen LogP contribution in [0.4, 0.5) is 5.69 Å². The van der Waals surface area contributed by atoms with Crippen LogP contribution in [0.15, 0.2) is 28.7 Å². The number of halogens is 1. The number of nitrogens with zero attached hydrogens (tertiary/aromatic N) is 1. The Morgan fingerprint density at radius 3 is 2.81 bits per heavy atom. The number of carbonyl (C=O) groups is 1. The van der Waals surface area contributed by atoms with E-state index in [4.69, 9.17) is 5.11 Å². The zero-order valence-electron chi connectivity index (χ0n) is 9.32. The Hall–Kier alpha value is -1.03. The Labute approximate surface area is 104 Å². The molecule has 1 aromatic rings. The summed E-state index contributed by atoms with van der Waals surface area (Å²) in [5, 5.41) is 8.51. The van der Waals surface area contributed by atoms with Crippen molar-refractivity contribution < 1.29 is 9.90 Å². The highest BCUT2D eigenvalue weighted by Crippen LogP contribution is 2.19. The molecule has 0 bridgehead atoms. The van der Waals surface area contributed by atoms with Crippen molar-refractivity contribution in [3.05, 3.63) is 28.7 Å². The minimum Gasteiger partial charge on any atom is -0.481 e. The number of benzene rings is 1. The highest BCUT2D eigenvalue weighted by molar-refractivity contribution is 9.10. The second-order valence-corrected chi connectivity index (χ2v) is 4.67. The predicted octanol–water partition coefficient (Wildman–Crippen LogP) is 3.14. The summed E-state index contributed by atoms with van der Waals surface area (Å²) in [6, 6.07) is 8.08. The Kier molecular flexibility index (Phi) is 5.32. The van der Waals surface area contributed by atoms with Gasteiger partial charge in [0.15, 0.2) is 0 Å². The first-order valence-electron chi connectivity index (χ1n) is 5.28. The maximum absolute atomic E-state index is 10.3. The SMILES string of the molecule is CN(CCCCC(=O)O)c1cccc(Br)c1. The molecular weight excluding hydrogens is 270 g/mol. The number of hydrogen-bond donors (Lipinski definition) is 1. The van der Waals surface area contributed by atoms with Crippen LogP contribution >= 0.6 is 15.9 Å². The fourth-order valence-electron chi connectivity index (χ4n) is 1.47. The molecule has 0 heterocycles. The fourth-order valence-corrected chi connectivity index (χ4v) is 1.86. The van der Waals surface area contributed by atoms with Crippen LogP contribution in [0, 0.1) is 0 Å². The van der Waals surface area contributed by atoms with Crippen LogP contribution in [0.2, 0.25) is 0 Å². The summed E-state index contributed by atoms with van der Waals surface area (Å²) in [7, 11) is 2.02. The lowest BCUT2D eigenvalue weighted by Gasteiger charge is -2.19. The molecule has 0 aliphatic heterocycles. The van der Waals surface area contributed by atoms with Gasteiger partial charge in [-0.2, -0.15) is 0 Å². The van der Waals surface area contributed by atoms with Crippen LogP contribution in [0.1, 0.15) is 19.3 Å². The Bertz CT molecular complexity index is 355. The molecule has 0 aromatic heterocycles. The summed E-state index contributed by atoms with van der Waals surface area (Å²) < 4.78 is 1.06. The van der Waals surface area contributed by atoms with Crippen LogP contribution in [0.5, 0.6) is 0 Å². The lowest BCUT2D eigenvalue weighted by Crippen LogP contribution is -2.18. The molecule has 0 fully saturated rings. The van der Waals surface area contributed by atoms with E-state index in [1.54, 1.807) is 0 Å². The van der Waals surface area contributed by atoms with Gasteiger partial charge in [0.2, 0.25) is 0 Å². The average Bonchev–Trinajstić information content (AvgIpc) is 2.24. The molecule has 0 aliphatic carbocycles. The molecule has 0 spiro atoms. The van der Waals surface area contributed by atoms with Crippen molar-refractivity contribution in [2.45, 2.75) is 19.3 Å². The minimum atomic E-state index is -0.717. The highest BCUT2D eigenvalue weighted by Gasteiger charge is 2.02. The molecule has 88 valence electrons. The fraction of sp³-hybridized carbons (Fsp3) is 0.417. The van der Waals surface area contributed by atoms with E-state index in [2.05, 4.69) is 26.9 Å². The predicted molar refractivity (Wildman–Crippen MR) is 68.9 cm³/mol. The van der Waals surface area contributed by atoms with E-state index in [0.717, 1.165) is 29.5 Å². The van der Waals surface area contributed by atoms with Gasteiger partial charge < -0.3 is 10.0 Å². The Morgan fingerprint density at radius 2 is 2.19 bits per heavy atom. The molecule has 0 saturated carbocycles. The molecule has 1 rings (SSSR count). The van der Waals surface area contributed by atoms with Crippen molar-refractivity contribution in [1.82, 2.24) is 0 Å². The summed E-state index contributed by atoms with van der Waals surface area (Å²) in [4.78, 5) is 12.5. The van der Waals surface area contributed by atoms with Gasteiger partial charge in [0, 0.05) is 30.2 Å². The van der Waals surface area contributed by atoms with E-state index in [1.807, 2.05) is 25.2 Å². The number of carboxylic acid groups (broad SMARTS) is 1. The van der Waals surface area contributed by atoms with Crippen molar-refractivity contribution in [3.63, 3.8) is 0 Å². The first-order chi connectivity index (χ1) is 7.59. The van der Waals surface area contributed by atoms with Gasteiger partial charge in [-0.05, 0) is 31.0 Å². The molecule has 0 saturated heterocycles. The third kappa shape index (κ3) is 4.66. The number of unbranched alkanes of at least 4 members (excludes halogenated alkanes) is 1. The first-order valence-corrected chi connectivity index (χ1v) is 6.07. The molecule has 0 radical (unpaired) electrons. The van der Waals surface area contributed by atoms with E-state index >= 15 is 0 Å². The van der Waals surface area contributed by atoms with Gasteiger partial charge in [0.05, 0.1) is 0 Å². The number of carboxylic acids is 1. The molecular formula is C12H16BrNO2. The van der Waals surface area contributed by atoms with Gasteiger partial charge in [-0.15, -0.1) is 0 Å². The zero-order chi connectivity index (χ0) is 12.0. The number of hydrogen-bond acceptors (Lipinski definition) is 2. The van der Waals surface area contributed by atoms with E-state index in [0.29, 0.717) is 0 Å². The zero-order valence-corrected chi connectivity index (χ0v) is 10.9. The van der Waals surface area contributed by atoms with Crippen LogP contribution in [0.3, 0.4) is 0 Å². The Balaban J connectivity index is 2.35. The normalized spacial score (nSPS) is 10.1. The molecule has 0 unspecified atom stereocenters. The summed E-state index contributed by atoms with van der Waals surface area (Å²) in [6.07, 6.45) is 1.88. The van der Waals surface area contributed by atoms with Gasteiger partial charge in [0.1, 0.15) is 0 Å². The quantitative estimate of drug-likeness (QED) is 0.817. The van der Waals surface area contributed by atoms with E-state index in [9.17, 15) is 4.79 Å².